The van der Waals surface area contributed by atoms with Gasteiger partial charge in [0.15, 0.2) is 0 Å². The Kier molecular flexibility index (Phi) is 2.66. The van der Waals surface area contributed by atoms with Gasteiger partial charge in [0.25, 0.3) is 10.1 Å². The molecule has 1 aromatic rings. The zero-order valence-electron chi connectivity index (χ0n) is 7.20. The molecule has 0 aliphatic heterocycles. The van der Waals surface area contributed by atoms with Crippen LogP contribution in [0.25, 0.3) is 0 Å². The van der Waals surface area contributed by atoms with Crippen LogP contribution in [-0.2, 0) is 10.1 Å². The highest BCUT2D eigenvalue weighted by molar-refractivity contribution is 7.86. The van der Waals surface area contributed by atoms with E-state index in [2.05, 4.69) is 0 Å². The largest absolute Gasteiger partial charge is 0.295 e. The van der Waals surface area contributed by atoms with Gasteiger partial charge in [0.2, 0.25) is 0 Å². The van der Waals surface area contributed by atoms with Crippen LogP contribution in [0.3, 0.4) is 0 Å². The van der Waals surface area contributed by atoms with Crippen LogP contribution in [0.5, 0.6) is 0 Å². The number of aryl methyl sites for hydroxylation is 1. The minimum Gasteiger partial charge on any atom is -0.282 e. The fourth-order valence-corrected chi connectivity index (χ4v) is 2.39. The summed E-state index contributed by atoms with van der Waals surface area (Å²) >= 11 is 5.72. The van der Waals surface area contributed by atoms with Gasteiger partial charge in [0.1, 0.15) is 4.90 Å². The predicted octanol–water partition coefficient (Wildman–Crippen LogP) is 2.20. The minimum absolute atomic E-state index is 0.0972. The normalized spacial score (nSPS) is 11.7. The van der Waals surface area contributed by atoms with E-state index < -0.39 is 10.1 Å². The first-order chi connectivity index (χ1) is 5.84. The molecule has 0 bridgehead atoms. The molecule has 3 nitrogen and oxygen atoms in total. The molecule has 0 heterocycles. The summed E-state index contributed by atoms with van der Waals surface area (Å²) in [5.74, 6) is 0. The van der Waals surface area contributed by atoms with Crippen molar-refractivity contribution in [1.29, 1.82) is 0 Å². The average Bonchev–Trinajstić information content (AvgIpc) is 1.95. The van der Waals surface area contributed by atoms with Gasteiger partial charge in [-0.15, -0.1) is 0 Å². The Labute approximate surface area is 82.1 Å². The SMILES string of the molecule is Cc1ccc(Cl)c(C)c1S(=O)(=O)O. The fourth-order valence-electron chi connectivity index (χ4n) is 1.20. The maximum atomic E-state index is 10.9. The Morgan fingerprint density at radius 1 is 1.31 bits per heavy atom. The Balaban J connectivity index is 3.62. The monoisotopic (exact) mass is 220 g/mol. The second-order valence-electron chi connectivity index (χ2n) is 2.79. The van der Waals surface area contributed by atoms with Gasteiger partial charge in [-0.05, 0) is 31.0 Å². The van der Waals surface area contributed by atoms with Crippen molar-refractivity contribution in [3.8, 4) is 0 Å². The molecule has 1 rings (SSSR count). The number of hydrogen-bond donors (Lipinski definition) is 1. The molecule has 0 amide bonds. The molecule has 0 atom stereocenters. The minimum atomic E-state index is -4.17. The van der Waals surface area contributed by atoms with Gasteiger partial charge in [0, 0.05) is 5.02 Å². The third kappa shape index (κ3) is 2.02. The van der Waals surface area contributed by atoms with E-state index in [9.17, 15) is 8.42 Å². The molecular formula is C8H9ClO3S. The fraction of sp³-hybridized carbons (Fsp3) is 0.250. The van der Waals surface area contributed by atoms with Crippen LogP contribution in [-0.4, -0.2) is 13.0 Å². The molecule has 72 valence electrons. The van der Waals surface area contributed by atoms with E-state index in [0.717, 1.165) is 0 Å². The van der Waals surface area contributed by atoms with Crippen molar-refractivity contribution in [3.05, 3.63) is 28.3 Å². The van der Waals surface area contributed by atoms with Crippen LogP contribution in [0.2, 0.25) is 5.02 Å². The topological polar surface area (TPSA) is 54.4 Å². The van der Waals surface area contributed by atoms with Crippen molar-refractivity contribution in [1.82, 2.24) is 0 Å². The highest BCUT2D eigenvalue weighted by Crippen LogP contribution is 2.25. The quantitative estimate of drug-likeness (QED) is 0.739. The van der Waals surface area contributed by atoms with Crippen molar-refractivity contribution in [2.24, 2.45) is 0 Å². The van der Waals surface area contributed by atoms with Gasteiger partial charge in [-0.3, -0.25) is 4.55 Å². The first-order valence-corrected chi connectivity index (χ1v) is 5.39. The van der Waals surface area contributed by atoms with Crippen LogP contribution in [0, 0.1) is 13.8 Å². The van der Waals surface area contributed by atoms with Gasteiger partial charge < -0.3 is 0 Å². The lowest BCUT2D eigenvalue weighted by Crippen LogP contribution is -2.03. The molecule has 0 saturated carbocycles. The zero-order valence-corrected chi connectivity index (χ0v) is 8.78. The van der Waals surface area contributed by atoms with Crippen LogP contribution in [0.1, 0.15) is 11.1 Å². The number of halogens is 1. The maximum absolute atomic E-state index is 10.9. The second kappa shape index (κ2) is 3.29. The van der Waals surface area contributed by atoms with Crippen LogP contribution < -0.4 is 0 Å². The number of rotatable bonds is 1. The highest BCUT2D eigenvalue weighted by atomic mass is 35.5. The van der Waals surface area contributed by atoms with Gasteiger partial charge in [-0.25, -0.2) is 0 Å². The molecule has 0 saturated heterocycles. The van der Waals surface area contributed by atoms with E-state index in [1.54, 1.807) is 26.0 Å². The van der Waals surface area contributed by atoms with Crippen molar-refractivity contribution in [2.75, 3.05) is 0 Å². The van der Waals surface area contributed by atoms with Gasteiger partial charge >= 0.3 is 0 Å². The lowest BCUT2D eigenvalue weighted by atomic mass is 10.1. The van der Waals surface area contributed by atoms with E-state index in [4.69, 9.17) is 16.2 Å². The predicted molar refractivity (Wildman–Crippen MR) is 50.7 cm³/mol. The standard InChI is InChI=1S/C8H9ClO3S/c1-5-3-4-7(9)6(2)8(5)13(10,11)12/h3-4H,1-2H3,(H,10,11,12). The second-order valence-corrected chi connectivity index (χ2v) is 4.56. The molecule has 0 spiro atoms. The Morgan fingerprint density at radius 2 is 1.85 bits per heavy atom. The average molecular weight is 221 g/mol. The summed E-state index contributed by atoms with van der Waals surface area (Å²) in [6.07, 6.45) is 0. The van der Waals surface area contributed by atoms with Crippen LogP contribution >= 0.6 is 11.6 Å². The van der Waals surface area contributed by atoms with Gasteiger partial charge in [-0.2, -0.15) is 8.42 Å². The van der Waals surface area contributed by atoms with E-state index in [0.29, 0.717) is 16.1 Å². The van der Waals surface area contributed by atoms with E-state index in [1.165, 1.54) is 0 Å². The molecule has 13 heavy (non-hydrogen) atoms. The van der Waals surface area contributed by atoms with E-state index in [1.807, 2.05) is 0 Å². The summed E-state index contributed by atoms with van der Waals surface area (Å²) < 4.78 is 30.7. The van der Waals surface area contributed by atoms with Crippen LogP contribution in [0.15, 0.2) is 17.0 Å². The first-order valence-electron chi connectivity index (χ1n) is 3.57. The number of hydrogen-bond acceptors (Lipinski definition) is 2. The molecular weight excluding hydrogens is 212 g/mol. The molecule has 0 fully saturated rings. The summed E-state index contributed by atoms with van der Waals surface area (Å²) in [6, 6.07) is 3.15. The number of benzene rings is 1. The summed E-state index contributed by atoms with van der Waals surface area (Å²) in [6.45, 7) is 3.16. The van der Waals surface area contributed by atoms with Gasteiger partial charge in [0.05, 0.1) is 0 Å². The molecule has 0 aliphatic carbocycles. The Hall–Kier alpha value is -0.580. The van der Waals surface area contributed by atoms with Crippen molar-refractivity contribution in [3.63, 3.8) is 0 Å². The lowest BCUT2D eigenvalue weighted by molar-refractivity contribution is 0.482. The molecule has 0 unspecified atom stereocenters. The molecule has 5 heteroatoms. The smallest absolute Gasteiger partial charge is 0.282 e. The summed E-state index contributed by atoms with van der Waals surface area (Å²) in [7, 11) is -4.17. The van der Waals surface area contributed by atoms with Gasteiger partial charge in [-0.1, -0.05) is 17.7 Å². The third-order valence-corrected chi connectivity index (χ3v) is 3.35. The summed E-state index contributed by atoms with van der Waals surface area (Å²) in [5.41, 5.74) is 0.869. The molecule has 1 aromatic carbocycles. The Bertz CT molecular complexity index is 437. The molecule has 1 N–H and O–H groups in total. The lowest BCUT2D eigenvalue weighted by Gasteiger charge is -2.07. The first kappa shape index (κ1) is 10.5. The summed E-state index contributed by atoms with van der Waals surface area (Å²) in [5, 5.41) is 0.332. The molecule has 0 radical (unpaired) electrons. The highest BCUT2D eigenvalue weighted by Gasteiger charge is 2.17. The summed E-state index contributed by atoms with van der Waals surface area (Å²) in [4.78, 5) is -0.0972. The van der Waals surface area contributed by atoms with Crippen LogP contribution in [0.4, 0.5) is 0 Å². The van der Waals surface area contributed by atoms with Crippen molar-refractivity contribution >= 4 is 21.7 Å². The zero-order chi connectivity index (χ0) is 10.2. The van der Waals surface area contributed by atoms with Crippen molar-refractivity contribution < 1.29 is 13.0 Å². The molecule has 0 aliphatic rings. The third-order valence-electron chi connectivity index (χ3n) is 1.79. The molecule has 0 aromatic heterocycles. The maximum Gasteiger partial charge on any atom is 0.295 e. The van der Waals surface area contributed by atoms with E-state index >= 15 is 0 Å². The van der Waals surface area contributed by atoms with E-state index in [-0.39, 0.29) is 4.90 Å². The Morgan fingerprint density at radius 3 is 2.23 bits per heavy atom. The van der Waals surface area contributed by atoms with Crippen molar-refractivity contribution in [2.45, 2.75) is 18.7 Å².